The van der Waals surface area contributed by atoms with Crippen molar-refractivity contribution < 1.29 is 24.2 Å². The van der Waals surface area contributed by atoms with Crippen molar-refractivity contribution in [3.05, 3.63) is 35.9 Å². The fraction of sp³-hybridized carbons (Fsp3) is 0.600. The summed E-state index contributed by atoms with van der Waals surface area (Å²) in [4.78, 5) is 23.8. The van der Waals surface area contributed by atoms with Gasteiger partial charge in [-0.15, -0.1) is 0 Å². The lowest BCUT2D eigenvalue weighted by Crippen LogP contribution is -2.44. The van der Waals surface area contributed by atoms with E-state index < -0.39 is 18.3 Å². The second kappa shape index (κ2) is 9.36. The number of aliphatic hydroxyl groups is 1. The van der Waals surface area contributed by atoms with Crippen molar-refractivity contribution in [1.29, 1.82) is 0 Å². The summed E-state index contributed by atoms with van der Waals surface area (Å²) in [5.74, 6) is -0.0669. The molecule has 2 aliphatic rings. The summed E-state index contributed by atoms with van der Waals surface area (Å²) in [6.07, 6.45) is -1.52. The Hall–Kier alpha value is -2.16. The van der Waals surface area contributed by atoms with Gasteiger partial charge in [0.15, 0.2) is 0 Å². The number of amides is 3. The van der Waals surface area contributed by atoms with E-state index >= 15 is 0 Å². The molecule has 1 aromatic carbocycles. The van der Waals surface area contributed by atoms with E-state index in [4.69, 9.17) is 9.47 Å². The Labute approximate surface area is 165 Å². The number of ether oxygens (including phenoxy) is 2. The topological polar surface area (TPSA) is 109 Å². The molecule has 0 aromatic heterocycles. The Balaban J connectivity index is 1.38. The smallest absolute Gasteiger partial charge is 0.315 e. The lowest BCUT2D eigenvalue weighted by molar-refractivity contribution is -0.125. The Morgan fingerprint density at radius 1 is 1.18 bits per heavy atom. The molecule has 0 radical (unpaired) electrons. The zero-order valence-corrected chi connectivity index (χ0v) is 16.3. The monoisotopic (exact) mass is 391 g/mol. The second-order valence-corrected chi connectivity index (χ2v) is 7.64. The Morgan fingerprint density at radius 2 is 1.93 bits per heavy atom. The van der Waals surface area contributed by atoms with E-state index in [1.165, 1.54) is 0 Å². The number of carbonyl (C=O) groups is 2. The summed E-state index contributed by atoms with van der Waals surface area (Å²) in [5.41, 5.74) is 1.00. The van der Waals surface area contributed by atoms with Crippen LogP contribution in [0.1, 0.15) is 32.3 Å². The largest absolute Gasteiger partial charge is 0.388 e. The van der Waals surface area contributed by atoms with Gasteiger partial charge in [-0.05, 0) is 19.4 Å². The van der Waals surface area contributed by atoms with Crippen LogP contribution in [0.5, 0.6) is 0 Å². The fourth-order valence-corrected chi connectivity index (χ4v) is 3.63. The Morgan fingerprint density at radius 3 is 2.61 bits per heavy atom. The third-order valence-electron chi connectivity index (χ3n) is 4.90. The van der Waals surface area contributed by atoms with E-state index in [1.807, 2.05) is 44.2 Å². The molecule has 0 spiro atoms. The maximum atomic E-state index is 12.0. The van der Waals surface area contributed by atoms with Crippen LogP contribution in [0.3, 0.4) is 0 Å². The van der Waals surface area contributed by atoms with Gasteiger partial charge in [-0.2, -0.15) is 0 Å². The van der Waals surface area contributed by atoms with Gasteiger partial charge < -0.3 is 30.5 Å². The highest BCUT2D eigenvalue weighted by Gasteiger charge is 2.50. The average Bonchev–Trinajstić information content (AvgIpc) is 3.17. The van der Waals surface area contributed by atoms with E-state index in [1.54, 1.807) is 0 Å². The first-order valence-corrected chi connectivity index (χ1v) is 9.76. The lowest BCUT2D eigenvalue weighted by atomic mass is 10.1. The standard InChI is InChI=1S/C20H29N3O5/c1-12(2)23-17(24)9-14-8-15-19(27-14)18(25)16(28-15)11-22-20(26)21-10-13-6-4-3-5-7-13/h3-7,12,14-16,18-19,25H,8-11H2,1-2H3,(H,23,24)(H2,21,22,26). The molecule has 0 saturated carbocycles. The third kappa shape index (κ3) is 5.43. The molecule has 2 aliphatic heterocycles. The molecule has 0 bridgehead atoms. The van der Waals surface area contributed by atoms with Crippen molar-refractivity contribution in [1.82, 2.24) is 16.0 Å². The molecule has 1 aromatic rings. The molecule has 4 N–H and O–H groups in total. The van der Waals surface area contributed by atoms with Crippen LogP contribution in [0.25, 0.3) is 0 Å². The van der Waals surface area contributed by atoms with Crippen LogP contribution in [0.4, 0.5) is 4.79 Å². The van der Waals surface area contributed by atoms with Crippen LogP contribution in [-0.2, 0) is 20.8 Å². The van der Waals surface area contributed by atoms with Gasteiger partial charge in [0.05, 0.1) is 18.6 Å². The number of rotatable bonds is 7. The predicted octanol–water partition coefficient (Wildman–Crippen LogP) is 0.686. The first-order valence-electron chi connectivity index (χ1n) is 9.76. The Bertz CT molecular complexity index is 669. The number of hydrogen-bond acceptors (Lipinski definition) is 5. The molecule has 2 heterocycles. The summed E-state index contributed by atoms with van der Waals surface area (Å²) in [5, 5.41) is 18.8. The van der Waals surface area contributed by atoms with E-state index in [0.717, 1.165) is 5.56 Å². The van der Waals surface area contributed by atoms with E-state index in [2.05, 4.69) is 16.0 Å². The number of nitrogens with one attached hydrogen (secondary N) is 3. The minimum Gasteiger partial charge on any atom is -0.388 e. The van der Waals surface area contributed by atoms with Gasteiger partial charge in [0.25, 0.3) is 0 Å². The summed E-state index contributed by atoms with van der Waals surface area (Å²) in [7, 11) is 0. The first kappa shape index (κ1) is 20.6. The number of benzene rings is 1. The van der Waals surface area contributed by atoms with Gasteiger partial charge >= 0.3 is 6.03 Å². The maximum Gasteiger partial charge on any atom is 0.315 e. The van der Waals surface area contributed by atoms with Gasteiger partial charge in [0, 0.05) is 25.6 Å². The zero-order chi connectivity index (χ0) is 20.1. The molecule has 0 aliphatic carbocycles. The molecule has 28 heavy (non-hydrogen) atoms. The number of hydrogen-bond donors (Lipinski definition) is 4. The van der Waals surface area contributed by atoms with Crippen LogP contribution < -0.4 is 16.0 Å². The minimum absolute atomic E-state index is 0.0669. The van der Waals surface area contributed by atoms with Crippen LogP contribution in [0, 0.1) is 0 Å². The van der Waals surface area contributed by atoms with Crippen molar-refractivity contribution in [2.45, 2.75) is 69.8 Å². The van der Waals surface area contributed by atoms with E-state index in [0.29, 0.717) is 13.0 Å². The minimum atomic E-state index is -0.836. The molecule has 154 valence electrons. The zero-order valence-electron chi connectivity index (χ0n) is 16.3. The van der Waals surface area contributed by atoms with Gasteiger partial charge in [-0.3, -0.25) is 4.79 Å². The average molecular weight is 391 g/mol. The van der Waals surface area contributed by atoms with Gasteiger partial charge in [0.1, 0.15) is 18.3 Å². The SMILES string of the molecule is CC(C)NC(=O)CC1CC2OC(CNC(=O)NCc3ccccc3)C(O)C2O1. The first-order chi connectivity index (χ1) is 13.4. The molecule has 8 nitrogen and oxygen atoms in total. The normalized spacial score (nSPS) is 28.8. The molecule has 8 heteroatoms. The van der Waals surface area contributed by atoms with Gasteiger partial charge in [-0.1, -0.05) is 30.3 Å². The van der Waals surface area contributed by atoms with E-state index in [9.17, 15) is 14.7 Å². The van der Waals surface area contributed by atoms with Crippen LogP contribution in [0.15, 0.2) is 30.3 Å². The molecule has 2 saturated heterocycles. The summed E-state index contributed by atoms with van der Waals surface area (Å²) in [6.45, 7) is 4.43. The van der Waals surface area contributed by atoms with Crippen LogP contribution in [-0.4, -0.2) is 60.2 Å². The predicted molar refractivity (Wildman–Crippen MR) is 103 cm³/mol. The number of aliphatic hydroxyl groups excluding tert-OH is 1. The van der Waals surface area contributed by atoms with Crippen molar-refractivity contribution in [2.75, 3.05) is 6.54 Å². The number of fused-ring (bicyclic) bond motifs is 1. The molecular formula is C20H29N3O5. The maximum absolute atomic E-state index is 12.0. The molecular weight excluding hydrogens is 362 g/mol. The van der Waals surface area contributed by atoms with E-state index in [-0.39, 0.29) is 43.2 Å². The molecule has 3 amide bonds. The fourth-order valence-electron chi connectivity index (χ4n) is 3.63. The van der Waals surface area contributed by atoms with Gasteiger partial charge in [-0.25, -0.2) is 4.79 Å². The van der Waals surface area contributed by atoms with Crippen molar-refractivity contribution in [3.63, 3.8) is 0 Å². The Kier molecular flexibility index (Phi) is 6.88. The number of carbonyl (C=O) groups excluding carboxylic acids is 2. The third-order valence-corrected chi connectivity index (χ3v) is 4.90. The molecule has 5 atom stereocenters. The van der Waals surface area contributed by atoms with Crippen molar-refractivity contribution in [3.8, 4) is 0 Å². The quantitative estimate of drug-likeness (QED) is 0.547. The molecule has 2 fully saturated rings. The highest BCUT2D eigenvalue weighted by molar-refractivity contribution is 5.76. The van der Waals surface area contributed by atoms with Crippen LogP contribution in [0.2, 0.25) is 0 Å². The van der Waals surface area contributed by atoms with Crippen molar-refractivity contribution in [2.24, 2.45) is 0 Å². The highest BCUT2D eigenvalue weighted by Crippen LogP contribution is 2.35. The highest BCUT2D eigenvalue weighted by atomic mass is 16.6. The summed E-state index contributed by atoms with van der Waals surface area (Å²) in [6, 6.07) is 9.37. The number of urea groups is 1. The summed E-state index contributed by atoms with van der Waals surface area (Å²) < 4.78 is 11.7. The van der Waals surface area contributed by atoms with Crippen LogP contribution >= 0.6 is 0 Å². The lowest BCUT2D eigenvalue weighted by Gasteiger charge is -2.20. The molecule has 5 unspecified atom stereocenters. The summed E-state index contributed by atoms with van der Waals surface area (Å²) >= 11 is 0. The molecule has 3 rings (SSSR count). The van der Waals surface area contributed by atoms with Gasteiger partial charge in [0.2, 0.25) is 5.91 Å². The second-order valence-electron chi connectivity index (χ2n) is 7.64. The van der Waals surface area contributed by atoms with Crippen molar-refractivity contribution >= 4 is 11.9 Å².